The molecule has 0 bridgehead atoms. The van der Waals surface area contributed by atoms with Crippen LogP contribution in [0.25, 0.3) is 0 Å². The SMILES string of the molecule is c1ccc(N2ONc3c2ccc2c3CCN=N2)cc1. The van der Waals surface area contributed by atoms with E-state index in [-0.39, 0.29) is 0 Å². The predicted octanol–water partition coefficient (Wildman–Crippen LogP) is 3.74. The van der Waals surface area contributed by atoms with Gasteiger partial charge in [0.25, 0.3) is 0 Å². The zero-order valence-corrected chi connectivity index (χ0v) is 10.2. The molecule has 4 rings (SSSR count). The largest absolute Gasteiger partial charge is 0.239 e. The highest BCUT2D eigenvalue weighted by Gasteiger charge is 2.26. The highest BCUT2D eigenvalue weighted by Crippen LogP contribution is 2.44. The van der Waals surface area contributed by atoms with Crippen LogP contribution in [0.4, 0.5) is 22.7 Å². The molecule has 5 heteroatoms. The van der Waals surface area contributed by atoms with E-state index in [1.54, 1.807) is 5.06 Å². The van der Waals surface area contributed by atoms with Crippen LogP contribution < -0.4 is 10.5 Å². The monoisotopic (exact) mass is 252 g/mol. The van der Waals surface area contributed by atoms with Gasteiger partial charge in [0.15, 0.2) is 0 Å². The minimum atomic E-state index is 0.733. The first-order valence-corrected chi connectivity index (χ1v) is 6.25. The van der Waals surface area contributed by atoms with E-state index in [1.807, 2.05) is 42.5 Å². The van der Waals surface area contributed by atoms with Crippen molar-refractivity contribution >= 4 is 22.7 Å². The molecule has 2 aliphatic heterocycles. The van der Waals surface area contributed by atoms with Crippen LogP contribution in [-0.4, -0.2) is 6.54 Å². The lowest BCUT2D eigenvalue weighted by Crippen LogP contribution is -2.12. The van der Waals surface area contributed by atoms with Gasteiger partial charge in [0, 0.05) is 5.56 Å². The molecule has 19 heavy (non-hydrogen) atoms. The van der Waals surface area contributed by atoms with Gasteiger partial charge in [-0.1, -0.05) is 18.2 Å². The van der Waals surface area contributed by atoms with Crippen LogP contribution in [0.3, 0.4) is 0 Å². The summed E-state index contributed by atoms with van der Waals surface area (Å²) in [6, 6.07) is 14.0. The number of rotatable bonds is 1. The number of nitrogens with one attached hydrogen (secondary N) is 1. The molecule has 0 aromatic heterocycles. The first kappa shape index (κ1) is 10.5. The molecule has 2 aromatic carbocycles. The molecule has 0 fully saturated rings. The number of hydrogen-bond acceptors (Lipinski definition) is 5. The van der Waals surface area contributed by atoms with Crippen molar-refractivity contribution in [1.82, 2.24) is 0 Å². The lowest BCUT2D eigenvalue weighted by atomic mass is 10.0. The van der Waals surface area contributed by atoms with Crippen LogP contribution in [0.1, 0.15) is 5.56 Å². The van der Waals surface area contributed by atoms with E-state index >= 15 is 0 Å². The summed E-state index contributed by atoms with van der Waals surface area (Å²) in [5.74, 6) is 0. The average molecular weight is 252 g/mol. The minimum absolute atomic E-state index is 0.733. The zero-order chi connectivity index (χ0) is 12.7. The third-order valence-electron chi connectivity index (χ3n) is 3.35. The molecule has 1 N–H and O–H groups in total. The van der Waals surface area contributed by atoms with E-state index in [2.05, 4.69) is 15.7 Å². The summed E-state index contributed by atoms with van der Waals surface area (Å²) in [5, 5.41) is 10.0. The second kappa shape index (κ2) is 4.07. The molecule has 0 aliphatic carbocycles. The smallest absolute Gasteiger partial charge is 0.0979 e. The Hall–Kier alpha value is -2.40. The fourth-order valence-corrected chi connectivity index (χ4v) is 2.44. The van der Waals surface area contributed by atoms with E-state index < -0.39 is 0 Å². The number of fused-ring (bicyclic) bond motifs is 3. The highest BCUT2D eigenvalue weighted by molar-refractivity contribution is 5.83. The molecule has 0 saturated carbocycles. The summed E-state index contributed by atoms with van der Waals surface area (Å²) in [4.78, 5) is 5.59. The molecule has 0 unspecified atom stereocenters. The number of benzene rings is 2. The molecule has 2 aliphatic rings. The molecule has 0 spiro atoms. The summed E-state index contributed by atoms with van der Waals surface area (Å²) < 4.78 is 0. The standard InChI is InChI=1S/C14H12N4O/c1-2-4-10(5-3-1)18-13-7-6-12-11(8-9-15-16-12)14(13)17-19-18/h1-7,17H,8-9H2. The van der Waals surface area contributed by atoms with Gasteiger partial charge in [-0.25, -0.2) is 5.48 Å². The molecule has 0 saturated heterocycles. The minimum Gasteiger partial charge on any atom is -0.239 e. The molecule has 2 heterocycles. The number of para-hydroxylation sites is 1. The second-order valence-corrected chi connectivity index (χ2v) is 4.50. The Kier molecular flexibility index (Phi) is 2.25. The van der Waals surface area contributed by atoms with Gasteiger partial charge in [-0.3, -0.25) is 0 Å². The maximum atomic E-state index is 5.59. The van der Waals surface area contributed by atoms with Crippen molar-refractivity contribution < 1.29 is 4.94 Å². The van der Waals surface area contributed by atoms with E-state index in [0.717, 1.165) is 35.7 Å². The zero-order valence-electron chi connectivity index (χ0n) is 10.2. The molecule has 5 nitrogen and oxygen atoms in total. The van der Waals surface area contributed by atoms with Crippen molar-refractivity contribution in [3.63, 3.8) is 0 Å². The predicted molar refractivity (Wildman–Crippen MR) is 72.8 cm³/mol. The second-order valence-electron chi connectivity index (χ2n) is 4.50. The van der Waals surface area contributed by atoms with Crippen LogP contribution >= 0.6 is 0 Å². The van der Waals surface area contributed by atoms with Crippen molar-refractivity contribution in [3.05, 3.63) is 48.0 Å². The molecular weight excluding hydrogens is 240 g/mol. The van der Waals surface area contributed by atoms with Gasteiger partial charge in [-0.05, 0) is 30.7 Å². The summed E-state index contributed by atoms with van der Waals surface area (Å²) in [6.07, 6.45) is 0.890. The average Bonchev–Trinajstić information content (AvgIpc) is 2.92. The maximum Gasteiger partial charge on any atom is 0.0979 e. The number of anilines is 3. The van der Waals surface area contributed by atoms with Crippen molar-refractivity contribution in [1.29, 1.82) is 0 Å². The van der Waals surface area contributed by atoms with Crippen LogP contribution in [0, 0.1) is 0 Å². The Balaban J connectivity index is 1.82. The third kappa shape index (κ3) is 1.59. The quantitative estimate of drug-likeness (QED) is 0.841. The number of nitrogens with zero attached hydrogens (tertiary/aromatic N) is 3. The lowest BCUT2D eigenvalue weighted by molar-refractivity contribution is 0.215. The fourth-order valence-electron chi connectivity index (χ4n) is 2.44. The summed E-state index contributed by atoms with van der Waals surface area (Å²) >= 11 is 0. The topological polar surface area (TPSA) is 49.2 Å². The van der Waals surface area contributed by atoms with Crippen LogP contribution in [0.15, 0.2) is 52.7 Å². The number of azo groups is 1. The highest BCUT2D eigenvalue weighted by atomic mass is 16.8. The van der Waals surface area contributed by atoms with Gasteiger partial charge in [0.1, 0.15) is 0 Å². The number of hydrogen-bond donors (Lipinski definition) is 1. The molecule has 0 radical (unpaired) electrons. The van der Waals surface area contributed by atoms with E-state index in [1.165, 1.54) is 5.56 Å². The van der Waals surface area contributed by atoms with E-state index in [9.17, 15) is 0 Å². The third-order valence-corrected chi connectivity index (χ3v) is 3.35. The molecule has 0 amide bonds. The molecule has 0 atom stereocenters. The van der Waals surface area contributed by atoms with Crippen LogP contribution in [0.5, 0.6) is 0 Å². The van der Waals surface area contributed by atoms with Crippen molar-refractivity contribution in [3.8, 4) is 0 Å². The van der Waals surface area contributed by atoms with Crippen molar-refractivity contribution in [2.75, 3.05) is 17.1 Å². The molecule has 94 valence electrons. The summed E-state index contributed by atoms with van der Waals surface area (Å²) in [6.45, 7) is 0.733. The Labute approximate surface area is 110 Å². The lowest BCUT2D eigenvalue weighted by Gasteiger charge is -2.16. The fraction of sp³-hybridized carbons (Fsp3) is 0.143. The maximum absolute atomic E-state index is 5.59. The normalized spacial score (nSPS) is 15.9. The molecular formula is C14H12N4O. The van der Waals surface area contributed by atoms with Gasteiger partial charge in [0.05, 0.1) is 29.3 Å². The van der Waals surface area contributed by atoms with Crippen LogP contribution in [-0.2, 0) is 11.4 Å². The van der Waals surface area contributed by atoms with Crippen molar-refractivity contribution in [2.45, 2.75) is 6.42 Å². The van der Waals surface area contributed by atoms with Crippen LogP contribution in [0.2, 0.25) is 0 Å². The Morgan fingerprint density at radius 3 is 2.89 bits per heavy atom. The van der Waals surface area contributed by atoms with E-state index in [0.29, 0.717) is 0 Å². The Bertz CT molecular complexity index is 654. The van der Waals surface area contributed by atoms with Gasteiger partial charge in [-0.2, -0.15) is 20.2 Å². The summed E-state index contributed by atoms with van der Waals surface area (Å²) in [5.41, 5.74) is 8.11. The molecule has 2 aromatic rings. The van der Waals surface area contributed by atoms with Gasteiger partial charge in [0.2, 0.25) is 0 Å². The van der Waals surface area contributed by atoms with Gasteiger partial charge in [-0.15, -0.1) is 0 Å². The van der Waals surface area contributed by atoms with E-state index in [4.69, 9.17) is 4.94 Å². The first-order valence-electron chi connectivity index (χ1n) is 6.25. The van der Waals surface area contributed by atoms with Crippen molar-refractivity contribution in [2.24, 2.45) is 10.2 Å². The first-order chi connectivity index (χ1) is 9.43. The van der Waals surface area contributed by atoms with Gasteiger partial charge < -0.3 is 0 Å². The summed E-state index contributed by atoms with van der Waals surface area (Å²) in [7, 11) is 0. The van der Waals surface area contributed by atoms with Gasteiger partial charge >= 0.3 is 0 Å². The Morgan fingerprint density at radius 1 is 1.11 bits per heavy atom. The Morgan fingerprint density at radius 2 is 2.00 bits per heavy atom.